The maximum absolute atomic E-state index is 13.4. The summed E-state index contributed by atoms with van der Waals surface area (Å²) < 4.78 is 75.5. The summed E-state index contributed by atoms with van der Waals surface area (Å²) in [4.78, 5) is 0. The molecule has 4 nitrogen and oxygen atoms in total. The highest BCUT2D eigenvalue weighted by Crippen LogP contribution is 2.31. The molecule has 0 aliphatic rings. The topological polar surface area (TPSA) is 52.6 Å². The molecule has 2 heterocycles. The number of fused-ring (bicyclic) bond motifs is 4. The van der Waals surface area contributed by atoms with Crippen molar-refractivity contribution in [1.82, 2.24) is 0 Å². The van der Waals surface area contributed by atoms with Crippen LogP contribution in [0.5, 0.6) is 0 Å². The Hall–Kier alpha value is -3.42. The van der Waals surface area contributed by atoms with Gasteiger partial charge in [-0.25, -0.2) is 17.6 Å². The minimum atomic E-state index is -1.08. The average Bonchev–Trinajstić information content (AvgIpc) is 2.59. The van der Waals surface area contributed by atoms with E-state index >= 15 is 0 Å². The molecular weight excluding hydrogens is 356 g/mol. The zero-order valence-corrected chi connectivity index (χ0v) is 12.6. The minimum Gasteiger partial charge on any atom is -0.449 e. The van der Waals surface area contributed by atoms with Gasteiger partial charge in [-0.3, -0.25) is 0 Å². The van der Waals surface area contributed by atoms with Gasteiger partial charge in [-0.15, -0.1) is 0 Å². The highest BCUT2D eigenvalue weighted by atomic mass is 19.2. The summed E-state index contributed by atoms with van der Waals surface area (Å²) in [5, 5.41) is 0. The van der Waals surface area contributed by atoms with Crippen LogP contribution in [0.4, 0.5) is 17.6 Å². The van der Waals surface area contributed by atoms with Crippen LogP contribution in [0.25, 0.3) is 44.7 Å². The highest BCUT2D eigenvalue weighted by molar-refractivity contribution is 5.91. The zero-order valence-electron chi connectivity index (χ0n) is 12.6. The van der Waals surface area contributed by atoms with Crippen LogP contribution in [0.1, 0.15) is 0 Å². The van der Waals surface area contributed by atoms with Crippen LogP contribution in [-0.4, -0.2) is 0 Å². The van der Waals surface area contributed by atoms with Gasteiger partial charge in [0.1, 0.15) is 0 Å². The number of benzene rings is 3. The third kappa shape index (κ3) is 2.15. The molecule has 5 rings (SSSR count). The lowest BCUT2D eigenvalue weighted by molar-refractivity contribution is 0.497. The van der Waals surface area contributed by atoms with Crippen LogP contribution in [0.2, 0.25) is 0 Å². The molecule has 0 unspecified atom stereocenters. The Morgan fingerprint density at radius 3 is 0.769 bits per heavy atom. The Morgan fingerprint density at radius 2 is 0.538 bits per heavy atom. The maximum atomic E-state index is 13.4. The molecule has 0 spiro atoms. The molecule has 2 aromatic heterocycles. The van der Waals surface area contributed by atoms with Crippen LogP contribution >= 0.6 is 0 Å². The molecule has 0 radical (unpaired) electrons. The molecule has 0 amide bonds. The van der Waals surface area contributed by atoms with E-state index in [-0.39, 0.29) is 44.7 Å². The molecule has 0 saturated carbocycles. The van der Waals surface area contributed by atoms with Crippen LogP contribution in [-0.2, 0) is 0 Å². The van der Waals surface area contributed by atoms with Crippen molar-refractivity contribution >= 4 is 44.7 Å². The third-order valence-corrected chi connectivity index (χ3v) is 3.86. The largest absolute Gasteiger partial charge is 0.449 e. The molecule has 0 saturated heterocycles. The number of hydrogen-bond donors (Lipinski definition) is 0. The number of halogens is 4. The second-order valence-electron chi connectivity index (χ2n) is 5.58. The van der Waals surface area contributed by atoms with Crippen LogP contribution in [0, 0.1) is 23.3 Å². The van der Waals surface area contributed by atoms with E-state index in [9.17, 15) is 17.6 Å². The van der Waals surface area contributed by atoms with Crippen molar-refractivity contribution < 1.29 is 35.2 Å². The fraction of sp³-hybridized carbons (Fsp3) is 0. The molecule has 0 aliphatic heterocycles. The molecule has 0 atom stereocenters. The summed E-state index contributed by atoms with van der Waals surface area (Å²) in [5.74, 6) is -4.33. The Labute approximate surface area is 140 Å². The lowest BCUT2D eigenvalue weighted by Gasteiger charge is -2.05. The van der Waals surface area contributed by atoms with E-state index in [1.54, 1.807) is 0 Å². The summed E-state index contributed by atoms with van der Waals surface area (Å²) >= 11 is 0. The molecular formula is C18H6F4O4. The summed E-state index contributed by atoms with van der Waals surface area (Å²) in [6.45, 7) is 0. The van der Waals surface area contributed by atoms with Crippen molar-refractivity contribution in [2.45, 2.75) is 0 Å². The molecule has 130 valence electrons. The van der Waals surface area contributed by atoms with Crippen molar-refractivity contribution in [3.8, 4) is 0 Å². The normalized spacial score (nSPS) is 11.8. The first-order chi connectivity index (χ1) is 12.5. The van der Waals surface area contributed by atoms with Crippen LogP contribution in [0.3, 0.4) is 0 Å². The predicted molar refractivity (Wildman–Crippen MR) is 83.0 cm³/mol. The van der Waals surface area contributed by atoms with Gasteiger partial charge in [0.25, 0.3) is 0 Å². The molecule has 0 fully saturated rings. The number of hydrogen-bond acceptors (Lipinski definition) is 4. The standard InChI is InChI=1S/C18H6F4O4/c19-7-1-11-12(2-8(7)20)24-16-6-18-17(5-15(16)23-11)25-13-3-9(21)10(22)4-14(13)26-18/h1-6H. The van der Waals surface area contributed by atoms with Gasteiger partial charge in [-0.05, 0) is 0 Å². The van der Waals surface area contributed by atoms with Crippen molar-refractivity contribution in [3.63, 3.8) is 0 Å². The summed E-state index contributed by atoms with van der Waals surface area (Å²) in [7, 11) is 0. The molecule has 5 aromatic rings. The van der Waals surface area contributed by atoms with E-state index in [2.05, 4.69) is 0 Å². The average molecular weight is 362 g/mol. The van der Waals surface area contributed by atoms with E-state index in [4.69, 9.17) is 17.7 Å². The van der Waals surface area contributed by atoms with E-state index in [1.165, 1.54) is 12.1 Å². The Morgan fingerprint density at radius 1 is 0.346 bits per heavy atom. The second kappa shape index (κ2) is 5.04. The minimum absolute atomic E-state index is 0.0124. The first-order valence-electron chi connectivity index (χ1n) is 7.35. The smallest absolute Gasteiger partial charge is 0.174 e. The third-order valence-electron chi connectivity index (χ3n) is 3.86. The maximum Gasteiger partial charge on any atom is 0.174 e. The molecule has 3 aromatic carbocycles. The van der Waals surface area contributed by atoms with E-state index in [0.29, 0.717) is 0 Å². The van der Waals surface area contributed by atoms with Crippen molar-refractivity contribution in [2.24, 2.45) is 0 Å². The first kappa shape index (κ1) is 14.9. The van der Waals surface area contributed by atoms with Gasteiger partial charge in [0, 0.05) is 36.4 Å². The van der Waals surface area contributed by atoms with Crippen LogP contribution < -0.4 is 0 Å². The van der Waals surface area contributed by atoms with E-state index < -0.39 is 23.3 Å². The molecule has 26 heavy (non-hydrogen) atoms. The lowest BCUT2D eigenvalue weighted by atomic mass is 10.2. The Kier molecular flexibility index (Phi) is 2.89. The molecule has 0 aliphatic carbocycles. The van der Waals surface area contributed by atoms with Crippen molar-refractivity contribution in [1.29, 1.82) is 0 Å². The zero-order chi connectivity index (χ0) is 18.0. The van der Waals surface area contributed by atoms with E-state index in [0.717, 1.165) is 24.3 Å². The van der Waals surface area contributed by atoms with Gasteiger partial charge in [-0.2, -0.15) is 0 Å². The highest BCUT2D eigenvalue weighted by Gasteiger charge is 2.14. The van der Waals surface area contributed by atoms with E-state index in [1.807, 2.05) is 0 Å². The SMILES string of the molecule is Fc1cc2oc3cc4oc5cc(F)c(F)cc5oc4cc3oc2cc1F. The van der Waals surface area contributed by atoms with Gasteiger partial charge < -0.3 is 17.7 Å². The van der Waals surface area contributed by atoms with Gasteiger partial charge in [0.2, 0.25) is 0 Å². The van der Waals surface area contributed by atoms with Gasteiger partial charge in [0.15, 0.2) is 67.9 Å². The first-order valence-corrected chi connectivity index (χ1v) is 7.35. The molecule has 0 N–H and O–H groups in total. The Balaban J connectivity index is 1.86. The van der Waals surface area contributed by atoms with Crippen LogP contribution in [0.15, 0.2) is 54.1 Å². The van der Waals surface area contributed by atoms with Crippen molar-refractivity contribution in [3.05, 3.63) is 59.7 Å². The van der Waals surface area contributed by atoms with Gasteiger partial charge in [-0.1, -0.05) is 0 Å². The monoisotopic (exact) mass is 362 g/mol. The summed E-state index contributed by atoms with van der Waals surface area (Å²) in [6.07, 6.45) is 0. The predicted octanol–water partition coefficient (Wildman–Crippen LogP) is 6.35. The quantitative estimate of drug-likeness (QED) is 0.238. The second-order valence-corrected chi connectivity index (χ2v) is 5.58. The summed E-state index contributed by atoms with van der Waals surface area (Å²) in [6, 6.07) is 6.21. The lowest BCUT2D eigenvalue weighted by Crippen LogP contribution is -1.87. The fourth-order valence-electron chi connectivity index (χ4n) is 2.66. The Bertz CT molecular complexity index is 1180. The van der Waals surface area contributed by atoms with Crippen molar-refractivity contribution in [2.75, 3.05) is 0 Å². The molecule has 8 heteroatoms. The fourth-order valence-corrected chi connectivity index (χ4v) is 2.66. The summed E-state index contributed by atoms with van der Waals surface area (Å²) in [5.41, 5.74) is 0.606. The molecule has 0 bridgehead atoms. The van der Waals surface area contributed by atoms with Gasteiger partial charge in [0.05, 0.1) is 0 Å². The van der Waals surface area contributed by atoms with Gasteiger partial charge >= 0.3 is 0 Å². The number of rotatable bonds is 0.